The Kier molecular flexibility index (Phi) is 4.19. The van der Waals surface area contributed by atoms with Crippen LogP contribution < -0.4 is 4.74 Å². The van der Waals surface area contributed by atoms with Gasteiger partial charge in [-0.15, -0.1) is 0 Å². The van der Waals surface area contributed by atoms with Gasteiger partial charge in [-0.05, 0) is 63.9 Å². The number of aryl methyl sites for hydroxylation is 1. The third kappa shape index (κ3) is 2.90. The molecule has 7 heteroatoms. The Morgan fingerprint density at radius 1 is 1.21 bits per heavy atom. The number of hydrogen-bond acceptors (Lipinski definition) is 6. The Morgan fingerprint density at radius 2 is 2.04 bits per heavy atom. The first-order valence-corrected chi connectivity index (χ1v) is 9.94. The molecule has 0 N–H and O–H groups in total. The molecule has 2 aliphatic heterocycles. The van der Waals surface area contributed by atoms with E-state index in [2.05, 4.69) is 15.0 Å². The molecule has 4 heterocycles. The predicted octanol–water partition coefficient (Wildman–Crippen LogP) is 3.41. The Bertz CT molecular complexity index is 982. The van der Waals surface area contributed by atoms with Gasteiger partial charge in [0.2, 0.25) is 11.7 Å². The van der Waals surface area contributed by atoms with Gasteiger partial charge in [0.05, 0.1) is 24.8 Å². The summed E-state index contributed by atoms with van der Waals surface area (Å²) in [5.74, 6) is 2.09. The van der Waals surface area contributed by atoms with Gasteiger partial charge in [-0.1, -0.05) is 5.16 Å². The summed E-state index contributed by atoms with van der Waals surface area (Å²) < 4.78 is 13.2. The standard InChI is InChI=1S/C21H25N5O2/c1-15-13-25(14-22-15)17-6-5-16(11-18(17)27-2)20-23-19(28-24-20)12-21-7-3-9-26(21)10-4-8-21/h5-6,11,13-14H,3-4,7-10,12H2,1-2H3. The molecule has 0 bridgehead atoms. The van der Waals surface area contributed by atoms with E-state index in [1.54, 1.807) is 13.4 Å². The van der Waals surface area contributed by atoms with Crippen LogP contribution in [0, 0.1) is 6.92 Å². The number of fused-ring (bicyclic) bond motifs is 1. The number of benzene rings is 1. The van der Waals surface area contributed by atoms with E-state index in [0.717, 1.165) is 35.0 Å². The third-order valence-corrected chi connectivity index (χ3v) is 6.19. The predicted molar refractivity (Wildman–Crippen MR) is 105 cm³/mol. The van der Waals surface area contributed by atoms with Crippen LogP contribution in [0.5, 0.6) is 5.75 Å². The van der Waals surface area contributed by atoms with Crippen LogP contribution in [0.2, 0.25) is 0 Å². The first kappa shape index (κ1) is 17.4. The molecule has 0 unspecified atom stereocenters. The highest BCUT2D eigenvalue weighted by Crippen LogP contribution is 2.41. The van der Waals surface area contributed by atoms with Crippen LogP contribution in [-0.2, 0) is 6.42 Å². The van der Waals surface area contributed by atoms with Crippen molar-refractivity contribution in [2.75, 3.05) is 20.2 Å². The van der Waals surface area contributed by atoms with E-state index >= 15 is 0 Å². The van der Waals surface area contributed by atoms with Crippen molar-refractivity contribution < 1.29 is 9.26 Å². The lowest BCUT2D eigenvalue weighted by Gasteiger charge is -2.30. The lowest BCUT2D eigenvalue weighted by Crippen LogP contribution is -2.40. The first-order valence-electron chi connectivity index (χ1n) is 9.94. The molecular weight excluding hydrogens is 354 g/mol. The molecule has 2 fully saturated rings. The monoisotopic (exact) mass is 379 g/mol. The van der Waals surface area contributed by atoms with Crippen LogP contribution in [0.3, 0.4) is 0 Å². The summed E-state index contributed by atoms with van der Waals surface area (Å²) in [5, 5.41) is 4.24. The number of rotatable bonds is 5. The van der Waals surface area contributed by atoms with Crippen molar-refractivity contribution in [3.8, 4) is 22.8 Å². The fraction of sp³-hybridized carbons (Fsp3) is 0.476. The minimum atomic E-state index is 0.241. The molecule has 7 nitrogen and oxygen atoms in total. The summed E-state index contributed by atoms with van der Waals surface area (Å²) in [6, 6.07) is 5.95. The normalized spacial score (nSPS) is 18.5. The molecular formula is C21H25N5O2. The molecule has 3 aromatic rings. The number of imidazole rings is 1. The summed E-state index contributed by atoms with van der Waals surface area (Å²) in [5.41, 5.74) is 3.02. The maximum atomic E-state index is 5.63. The van der Waals surface area contributed by atoms with Crippen molar-refractivity contribution in [3.63, 3.8) is 0 Å². The maximum absolute atomic E-state index is 5.63. The minimum absolute atomic E-state index is 0.241. The van der Waals surface area contributed by atoms with E-state index in [4.69, 9.17) is 14.2 Å². The van der Waals surface area contributed by atoms with Crippen molar-refractivity contribution in [3.05, 3.63) is 42.3 Å². The number of aromatic nitrogens is 4. The number of ether oxygens (including phenoxy) is 1. The molecule has 0 atom stereocenters. The second kappa shape index (κ2) is 6.74. The second-order valence-corrected chi connectivity index (χ2v) is 7.92. The maximum Gasteiger partial charge on any atom is 0.228 e. The van der Waals surface area contributed by atoms with E-state index in [-0.39, 0.29) is 5.54 Å². The molecule has 0 aliphatic carbocycles. The van der Waals surface area contributed by atoms with E-state index in [0.29, 0.717) is 5.82 Å². The first-order chi connectivity index (χ1) is 13.7. The highest BCUT2D eigenvalue weighted by atomic mass is 16.5. The summed E-state index contributed by atoms with van der Waals surface area (Å²) in [6.07, 6.45) is 9.62. The largest absolute Gasteiger partial charge is 0.495 e. The minimum Gasteiger partial charge on any atom is -0.495 e. The highest BCUT2D eigenvalue weighted by molar-refractivity contribution is 5.62. The van der Waals surface area contributed by atoms with E-state index < -0.39 is 0 Å². The van der Waals surface area contributed by atoms with Gasteiger partial charge in [-0.2, -0.15) is 4.98 Å². The van der Waals surface area contributed by atoms with Crippen LogP contribution in [0.15, 0.2) is 35.2 Å². The van der Waals surface area contributed by atoms with Crippen molar-refractivity contribution in [2.45, 2.75) is 44.6 Å². The Hall–Kier alpha value is -2.67. The third-order valence-electron chi connectivity index (χ3n) is 6.19. The van der Waals surface area contributed by atoms with Crippen molar-refractivity contribution >= 4 is 0 Å². The molecule has 0 radical (unpaired) electrons. The van der Waals surface area contributed by atoms with Gasteiger partial charge in [-0.25, -0.2) is 4.98 Å². The summed E-state index contributed by atoms with van der Waals surface area (Å²) in [6.45, 7) is 4.37. The summed E-state index contributed by atoms with van der Waals surface area (Å²) in [7, 11) is 1.67. The Labute approximate surface area is 164 Å². The van der Waals surface area contributed by atoms with Crippen LogP contribution in [0.1, 0.15) is 37.3 Å². The number of methoxy groups -OCH3 is 1. The van der Waals surface area contributed by atoms with Gasteiger partial charge in [0.25, 0.3) is 0 Å². The smallest absolute Gasteiger partial charge is 0.228 e. The number of nitrogens with zero attached hydrogens (tertiary/aromatic N) is 5. The number of hydrogen-bond donors (Lipinski definition) is 0. The molecule has 2 saturated heterocycles. The van der Waals surface area contributed by atoms with Crippen LogP contribution in [0.25, 0.3) is 17.1 Å². The molecule has 2 aromatic heterocycles. The van der Waals surface area contributed by atoms with Gasteiger partial charge in [0.15, 0.2) is 0 Å². The van der Waals surface area contributed by atoms with E-state index in [9.17, 15) is 0 Å². The SMILES string of the molecule is COc1cc(-c2noc(CC34CCCN3CCC4)n2)ccc1-n1cnc(C)c1. The molecule has 1 aromatic carbocycles. The summed E-state index contributed by atoms with van der Waals surface area (Å²) in [4.78, 5) is 11.6. The molecule has 0 saturated carbocycles. The van der Waals surface area contributed by atoms with Gasteiger partial charge >= 0.3 is 0 Å². The Morgan fingerprint density at radius 3 is 2.75 bits per heavy atom. The molecule has 5 rings (SSSR count). The molecule has 0 amide bonds. The topological polar surface area (TPSA) is 69.2 Å². The zero-order chi connectivity index (χ0) is 19.1. The zero-order valence-electron chi connectivity index (χ0n) is 16.4. The average molecular weight is 379 g/mol. The van der Waals surface area contributed by atoms with Crippen molar-refractivity contribution in [1.82, 2.24) is 24.6 Å². The average Bonchev–Trinajstić information content (AvgIpc) is 3.46. The molecule has 2 aliphatic rings. The van der Waals surface area contributed by atoms with Gasteiger partial charge in [0, 0.05) is 23.7 Å². The summed E-state index contributed by atoms with van der Waals surface area (Å²) >= 11 is 0. The van der Waals surface area contributed by atoms with Crippen LogP contribution >= 0.6 is 0 Å². The van der Waals surface area contributed by atoms with Crippen LogP contribution in [0.4, 0.5) is 0 Å². The molecule has 146 valence electrons. The van der Waals surface area contributed by atoms with Gasteiger partial charge < -0.3 is 13.8 Å². The fourth-order valence-electron chi connectivity index (χ4n) is 4.82. The van der Waals surface area contributed by atoms with Gasteiger partial charge in [-0.3, -0.25) is 4.90 Å². The highest BCUT2D eigenvalue weighted by Gasteiger charge is 2.45. The van der Waals surface area contributed by atoms with E-state index in [1.807, 2.05) is 35.9 Å². The zero-order valence-corrected chi connectivity index (χ0v) is 16.4. The van der Waals surface area contributed by atoms with E-state index in [1.165, 1.54) is 38.8 Å². The second-order valence-electron chi connectivity index (χ2n) is 7.92. The molecule has 0 spiro atoms. The lowest BCUT2D eigenvalue weighted by atomic mass is 9.90. The quantitative estimate of drug-likeness (QED) is 0.677. The van der Waals surface area contributed by atoms with Crippen LogP contribution in [-0.4, -0.2) is 50.3 Å². The van der Waals surface area contributed by atoms with Gasteiger partial charge in [0.1, 0.15) is 5.75 Å². The van der Waals surface area contributed by atoms with Crippen molar-refractivity contribution in [1.29, 1.82) is 0 Å². The molecule has 28 heavy (non-hydrogen) atoms. The fourth-order valence-corrected chi connectivity index (χ4v) is 4.82. The Balaban J connectivity index is 1.41. The lowest BCUT2D eigenvalue weighted by molar-refractivity contribution is 0.178. The van der Waals surface area contributed by atoms with Crippen molar-refractivity contribution in [2.24, 2.45) is 0 Å².